The van der Waals surface area contributed by atoms with Crippen molar-refractivity contribution >= 4 is 34.3 Å². The molecule has 1 atom stereocenters. The molecule has 1 unspecified atom stereocenters. The summed E-state index contributed by atoms with van der Waals surface area (Å²) in [5.41, 5.74) is 1.01. The highest BCUT2D eigenvalue weighted by Crippen LogP contribution is 2.33. The van der Waals surface area contributed by atoms with Gasteiger partial charge in [-0.1, -0.05) is 11.6 Å². The molecule has 1 N–H and O–H groups in total. The summed E-state index contributed by atoms with van der Waals surface area (Å²) in [4.78, 5) is 5.76. The van der Waals surface area contributed by atoms with Crippen LogP contribution in [-0.4, -0.2) is 24.7 Å². The molecule has 0 bridgehead atoms. The average molecular weight is 287 g/mol. The van der Waals surface area contributed by atoms with Crippen LogP contribution in [0.4, 0.5) is 0 Å². The van der Waals surface area contributed by atoms with Gasteiger partial charge in [0.05, 0.1) is 34.2 Å². The van der Waals surface area contributed by atoms with E-state index in [2.05, 4.69) is 15.7 Å². The molecule has 0 saturated carbocycles. The molecule has 0 radical (unpaired) electrons. The Morgan fingerprint density at radius 1 is 1.47 bits per heavy atom. The molecule has 0 spiro atoms. The van der Waals surface area contributed by atoms with Crippen LogP contribution in [0.25, 0.3) is 10.6 Å². The number of ether oxygens (including phenoxy) is 1. The van der Waals surface area contributed by atoms with E-state index in [1.807, 2.05) is 12.1 Å². The molecule has 1 aliphatic heterocycles. The van der Waals surface area contributed by atoms with Crippen molar-refractivity contribution in [3.63, 3.8) is 0 Å². The van der Waals surface area contributed by atoms with E-state index < -0.39 is 0 Å². The Hall–Kier alpha value is -0.460. The fraction of sp³-hybridized carbons (Fsp3) is 0.364. The zero-order valence-corrected chi connectivity index (χ0v) is 11.4. The quantitative estimate of drug-likeness (QED) is 0.921. The summed E-state index contributed by atoms with van der Waals surface area (Å²) in [7, 11) is 0. The van der Waals surface area contributed by atoms with Crippen LogP contribution in [0.3, 0.4) is 0 Å². The lowest BCUT2D eigenvalue weighted by molar-refractivity contribution is 0.0768. The Bertz CT molecular complexity index is 505. The molecule has 0 amide bonds. The molecule has 1 saturated heterocycles. The average Bonchev–Trinajstić information content (AvgIpc) is 2.98. The summed E-state index contributed by atoms with van der Waals surface area (Å²) in [6.07, 6.45) is 0. The Labute approximate surface area is 112 Å². The van der Waals surface area contributed by atoms with Crippen LogP contribution in [0.2, 0.25) is 4.34 Å². The van der Waals surface area contributed by atoms with E-state index in [-0.39, 0.29) is 6.04 Å². The summed E-state index contributed by atoms with van der Waals surface area (Å²) in [5.74, 6) is 0. The zero-order valence-electron chi connectivity index (χ0n) is 8.98. The fourth-order valence-corrected chi connectivity index (χ4v) is 3.69. The second kappa shape index (κ2) is 5.04. The third-order valence-corrected chi connectivity index (χ3v) is 4.78. The highest BCUT2D eigenvalue weighted by Gasteiger charge is 2.19. The van der Waals surface area contributed by atoms with Crippen molar-refractivity contribution in [2.45, 2.75) is 6.04 Å². The first-order valence-corrected chi connectivity index (χ1v) is 7.42. The van der Waals surface area contributed by atoms with Crippen LogP contribution in [0.5, 0.6) is 0 Å². The second-order valence-electron chi connectivity index (χ2n) is 3.76. The molecule has 0 aromatic carbocycles. The Kier molecular flexibility index (Phi) is 3.44. The first-order chi connectivity index (χ1) is 8.33. The maximum absolute atomic E-state index is 5.93. The lowest BCUT2D eigenvalue weighted by atomic mass is 10.3. The monoisotopic (exact) mass is 286 g/mol. The lowest BCUT2D eigenvalue weighted by Gasteiger charge is -2.21. The minimum Gasteiger partial charge on any atom is -0.378 e. The number of thiazole rings is 1. The molecule has 0 aliphatic carbocycles. The second-order valence-corrected chi connectivity index (χ2v) is 6.36. The third-order valence-electron chi connectivity index (χ3n) is 2.57. The molecule has 3 rings (SSSR count). The van der Waals surface area contributed by atoms with Crippen molar-refractivity contribution < 1.29 is 4.74 Å². The van der Waals surface area contributed by atoms with Gasteiger partial charge >= 0.3 is 0 Å². The maximum Gasteiger partial charge on any atom is 0.113 e. The standard InChI is InChI=1S/C11H11ClN2OS2/c12-10-2-1-9(17-10)8-6-16-11(14-8)7-5-15-4-3-13-7/h1-2,6-7,13H,3-5H2. The van der Waals surface area contributed by atoms with Crippen LogP contribution in [0.1, 0.15) is 11.0 Å². The first-order valence-electron chi connectivity index (χ1n) is 5.35. The smallest absolute Gasteiger partial charge is 0.113 e. The van der Waals surface area contributed by atoms with Gasteiger partial charge < -0.3 is 10.1 Å². The molecule has 1 fully saturated rings. The summed E-state index contributed by atoms with van der Waals surface area (Å²) in [5, 5.41) is 6.57. The van der Waals surface area contributed by atoms with Crippen molar-refractivity contribution in [1.29, 1.82) is 0 Å². The minimum atomic E-state index is 0.234. The molecular weight excluding hydrogens is 276 g/mol. The van der Waals surface area contributed by atoms with E-state index >= 15 is 0 Å². The number of aromatic nitrogens is 1. The SMILES string of the molecule is Clc1ccc(-c2csc(C3COCCN3)n2)s1. The van der Waals surface area contributed by atoms with Crippen molar-refractivity contribution in [2.24, 2.45) is 0 Å². The molecule has 3 heterocycles. The lowest BCUT2D eigenvalue weighted by Crippen LogP contribution is -2.34. The maximum atomic E-state index is 5.93. The molecule has 1 aliphatic rings. The number of hydrogen-bond acceptors (Lipinski definition) is 5. The van der Waals surface area contributed by atoms with E-state index in [1.54, 1.807) is 22.7 Å². The molecule has 2 aromatic rings. The van der Waals surface area contributed by atoms with Gasteiger partial charge in [0.25, 0.3) is 0 Å². The van der Waals surface area contributed by atoms with Gasteiger partial charge in [0.2, 0.25) is 0 Å². The molecule has 3 nitrogen and oxygen atoms in total. The van der Waals surface area contributed by atoms with Gasteiger partial charge in [-0.15, -0.1) is 22.7 Å². The molecule has 90 valence electrons. The molecule has 17 heavy (non-hydrogen) atoms. The largest absolute Gasteiger partial charge is 0.378 e. The number of hydrogen-bond donors (Lipinski definition) is 1. The normalized spacial score (nSPS) is 20.6. The molecule has 6 heteroatoms. The van der Waals surface area contributed by atoms with Crippen LogP contribution < -0.4 is 5.32 Å². The van der Waals surface area contributed by atoms with Crippen molar-refractivity contribution in [1.82, 2.24) is 10.3 Å². The number of morpholine rings is 1. The van der Waals surface area contributed by atoms with Gasteiger partial charge in [0.15, 0.2) is 0 Å². The van der Waals surface area contributed by atoms with E-state index in [1.165, 1.54) is 0 Å². The fourth-order valence-electron chi connectivity index (χ4n) is 1.74. The zero-order chi connectivity index (χ0) is 11.7. The Balaban J connectivity index is 1.82. The third kappa shape index (κ3) is 2.53. The van der Waals surface area contributed by atoms with E-state index in [4.69, 9.17) is 16.3 Å². The number of rotatable bonds is 2. The first kappa shape index (κ1) is 11.6. The topological polar surface area (TPSA) is 34.1 Å². The van der Waals surface area contributed by atoms with Crippen molar-refractivity contribution in [3.8, 4) is 10.6 Å². The molecular formula is C11H11ClN2OS2. The number of halogens is 1. The van der Waals surface area contributed by atoms with Gasteiger partial charge in [-0.05, 0) is 12.1 Å². The van der Waals surface area contributed by atoms with E-state index in [0.717, 1.165) is 33.1 Å². The highest BCUT2D eigenvalue weighted by atomic mass is 35.5. The predicted octanol–water partition coefficient (Wildman–Crippen LogP) is 3.19. The van der Waals surface area contributed by atoms with Gasteiger partial charge in [-0.25, -0.2) is 4.98 Å². The number of thiophene rings is 1. The summed E-state index contributed by atoms with van der Waals surface area (Å²) < 4.78 is 6.24. The van der Waals surface area contributed by atoms with E-state index in [9.17, 15) is 0 Å². The van der Waals surface area contributed by atoms with E-state index in [0.29, 0.717) is 6.61 Å². The van der Waals surface area contributed by atoms with Gasteiger partial charge in [-0.3, -0.25) is 0 Å². The van der Waals surface area contributed by atoms with Crippen LogP contribution in [0.15, 0.2) is 17.5 Å². The van der Waals surface area contributed by atoms with Crippen molar-refractivity contribution in [2.75, 3.05) is 19.8 Å². The highest BCUT2D eigenvalue weighted by molar-refractivity contribution is 7.19. The van der Waals surface area contributed by atoms with Gasteiger partial charge in [-0.2, -0.15) is 0 Å². The Morgan fingerprint density at radius 3 is 3.12 bits per heavy atom. The number of nitrogens with one attached hydrogen (secondary N) is 1. The van der Waals surface area contributed by atoms with Gasteiger partial charge in [0.1, 0.15) is 5.01 Å². The van der Waals surface area contributed by atoms with Crippen LogP contribution in [-0.2, 0) is 4.74 Å². The summed E-state index contributed by atoms with van der Waals surface area (Å²) >= 11 is 9.16. The van der Waals surface area contributed by atoms with Crippen LogP contribution >= 0.6 is 34.3 Å². The number of nitrogens with zero attached hydrogens (tertiary/aromatic N) is 1. The molecule has 2 aromatic heterocycles. The van der Waals surface area contributed by atoms with Gasteiger partial charge in [0, 0.05) is 11.9 Å². The summed E-state index contributed by atoms with van der Waals surface area (Å²) in [6.45, 7) is 2.39. The predicted molar refractivity (Wildman–Crippen MR) is 72.0 cm³/mol. The summed E-state index contributed by atoms with van der Waals surface area (Å²) in [6, 6.07) is 4.15. The van der Waals surface area contributed by atoms with Crippen molar-refractivity contribution in [3.05, 3.63) is 26.9 Å². The minimum absolute atomic E-state index is 0.234. The Morgan fingerprint density at radius 2 is 2.41 bits per heavy atom. The van der Waals surface area contributed by atoms with Crippen LogP contribution in [0, 0.1) is 0 Å².